The van der Waals surface area contributed by atoms with Crippen LogP contribution < -0.4 is 0 Å². The highest BCUT2D eigenvalue weighted by Crippen LogP contribution is 2.24. The molecule has 0 bridgehead atoms. The average Bonchev–Trinajstić information content (AvgIpc) is 2.52. The first-order valence-electron chi connectivity index (χ1n) is 8.00. The fourth-order valence-electron chi connectivity index (χ4n) is 2.45. The van der Waals surface area contributed by atoms with Crippen molar-refractivity contribution in [2.45, 2.75) is 51.9 Å². The first-order valence-corrected chi connectivity index (χ1v) is 8.00. The molecule has 2 aliphatic carbocycles. The van der Waals surface area contributed by atoms with E-state index in [0.29, 0.717) is 25.6 Å². The third kappa shape index (κ3) is 5.03. The zero-order valence-electron chi connectivity index (χ0n) is 12.9. The van der Waals surface area contributed by atoms with E-state index in [0.717, 1.165) is 62.2 Å². The van der Waals surface area contributed by atoms with Gasteiger partial charge in [-0.2, -0.15) is 0 Å². The van der Waals surface area contributed by atoms with Gasteiger partial charge in [0.05, 0.1) is 6.61 Å². The number of rotatable bonds is 8. The van der Waals surface area contributed by atoms with Crippen LogP contribution in [-0.4, -0.2) is 24.9 Å². The van der Waals surface area contributed by atoms with E-state index >= 15 is 0 Å². The Morgan fingerprint density at radius 2 is 1.71 bits per heavy atom. The highest BCUT2D eigenvalue weighted by Gasteiger charge is 2.14. The van der Waals surface area contributed by atoms with Gasteiger partial charge in [0.25, 0.3) is 0 Å². The van der Waals surface area contributed by atoms with E-state index in [9.17, 15) is 5.11 Å². The van der Waals surface area contributed by atoms with Crippen molar-refractivity contribution in [1.82, 2.24) is 0 Å². The lowest BCUT2D eigenvalue weighted by atomic mass is 10.0. The summed E-state index contributed by atoms with van der Waals surface area (Å²) < 4.78 is 17.1. The second-order valence-corrected chi connectivity index (χ2v) is 5.35. The van der Waals surface area contributed by atoms with Crippen molar-refractivity contribution in [3.8, 4) is 0 Å². The largest absolute Gasteiger partial charge is 0.509 e. The molecule has 4 heteroatoms. The fraction of sp³-hybridized carbons (Fsp3) is 0.647. The van der Waals surface area contributed by atoms with E-state index in [4.69, 9.17) is 14.2 Å². The van der Waals surface area contributed by atoms with Crippen LogP contribution in [0.25, 0.3) is 0 Å². The Labute approximate surface area is 127 Å². The van der Waals surface area contributed by atoms with E-state index < -0.39 is 0 Å². The molecule has 0 aromatic carbocycles. The first-order chi connectivity index (χ1) is 10.3. The molecule has 0 spiro atoms. The lowest BCUT2D eigenvalue weighted by Crippen LogP contribution is -2.10. The van der Waals surface area contributed by atoms with Crippen LogP contribution in [0.4, 0.5) is 0 Å². The molecule has 1 N–H and O–H groups in total. The van der Waals surface area contributed by atoms with E-state index in [1.807, 2.05) is 6.08 Å². The molecule has 0 aromatic rings. The minimum atomic E-state index is 0.410. The average molecular weight is 294 g/mol. The molecule has 0 heterocycles. The predicted octanol–water partition coefficient (Wildman–Crippen LogP) is 4.35. The number of aliphatic hydroxyl groups is 1. The first kappa shape index (κ1) is 15.8. The van der Waals surface area contributed by atoms with Crippen LogP contribution >= 0.6 is 0 Å². The van der Waals surface area contributed by atoms with Crippen LogP contribution in [0.15, 0.2) is 35.2 Å². The van der Waals surface area contributed by atoms with Crippen LogP contribution in [-0.2, 0) is 14.2 Å². The van der Waals surface area contributed by atoms with Crippen LogP contribution in [0.2, 0.25) is 0 Å². The molecule has 2 rings (SSSR count). The maximum absolute atomic E-state index is 9.73. The molecule has 2 aliphatic rings. The second-order valence-electron chi connectivity index (χ2n) is 5.35. The van der Waals surface area contributed by atoms with Crippen molar-refractivity contribution >= 4 is 0 Å². The van der Waals surface area contributed by atoms with Crippen molar-refractivity contribution in [3.05, 3.63) is 35.2 Å². The maximum atomic E-state index is 9.73. The van der Waals surface area contributed by atoms with Crippen LogP contribution in [0, 0.1) is 0 Å². The minimum Gasteiger partial charge on any atom is -0.509 e. The van der Waals surface area contributed by atoms with Crippen LogP contribution in [0.3, 0.4) is 0 Å². The number of aliphatic hydroxyl groups excluding tert-OH is 1. The summed E-state index contributed by atoms with van der Waals surface area (Å²) in [5.41, 5.74) is 0. The van der Waals surface area contributed by atoms with Gasteiger partial charge in [-0.05, 0) is 31.8 Å². The molecule has 0 aromatic heterocycles. The maximum Gasteiger partial charge on any atom is 0.156 e. The quantitative estimate of drug-likeness (QED) is 0.676. The van der Waals surface area contributed by atoms with E-state index in [-0.39, 0.29) is 0 Å². The van der Waals surface area contributed by atoms with Gasteiger partial charge in [0.1, 0.15) is 30.5 Å². The lowest BCUT2D eigenvalue weighted by molar-refractivity contribution is 0.0871. The number of hydrogen-bond donors (Lipinski definition) is 1. The van der Waals surface area contributed by atoms with Gasteiger partial charge < -0.3 is 19.3 Å². The summed E-state index contributed by atoms with van der Waals surface area (Å²) in [4.78, 5) is 0. The summed E-state index contributed by atoms with van der Waals surface area (Å²) in [5.74, 6) is 2.91. The molecule has 0 amide bonds. The number of ether oxygens (including phenoxy) is 3. The molecule has 0 fully saturated rings. The Morgan fingerprint density at radius 1 is 0.952 bits per heavy atom. The van der Waals surface area contributed by atoms with Gasteiger partial charge in [0.15, 0.2) is 5.76 Å². The molecule has 0 atom stereocenters. The SMILES string of the molecule is CCCOC1=C(OCCOC2=C(O)CCCC2)CCC=C1. The molecule has 0 saturated carbocycles. The summed E-state index contributed by atoms with van der Waals surface area (Å²) in [6.45, 7) is 3.75. The highest BCUT2D eigenvalue weighted by molar-refractivity contribution is 5.20. The monoisotopic (exact) mass is 294 g/mol. The summed E-state index contributed by atoms with van der Waals surface area (Å²) in [7, 11) is 0. The molecule has 118 valence electrons. The van der Waals surface area contributed by atoms with Crippen molar-refractivity contribution < 1.29 is 19.3 Å². The van der Waals surface area contributed by atoms with E-state index in [1.165, 1.54) is 0 Å². The Kier molecular flexibility index (Phi) is 6.51. The van der Waals surface area contributed by atoms with Gasteiger partial charge in [0, 0.05) is 19.3 Å². The summed E-state index contributed by atoms with van der Waals surface area (Å²) in [5, 5.41) is 9.73. The standard InChI is InChI=1S/C17H26O4/c1-2-11-19-16-9-5-6-10-17(16)21-13-12-20-15-8-4-3-7-14(15)18/h5,9,18H,2-4,6-8,10-13H2,1H3. The second kappa shape index (κ2) is 8.65. The van der Waals surface area contributed by atoms with E-state index in [2.05, 4.69) is 13.0 Å². The van der Waals surface area contributed by atoms with Gasteiger partial charge in [0.2, 0.25) is 0 Å². The van der Waals surface area contributed by atoms with Gasteiger partial charge in [-0.25, -0.2) is 0 Å². The van der Waals surface area contributed by atoms with Gasteiger partial charge in [-0.15, -0.1) is 0 Å². The van der Waals surface area contributed by atoms with Gasteiger partial charge >= 0.3 is 0 Å². The fourth-order valence-corrected chi connectivity index (χ4v) is 2.45. The zero-order valence-corrected chi connectivity index (χ0v) is 12.9. The smallest absolute Gasteiger partial charge is 0.156 e. The molecule has 4 nitrogen and oxygen atoms in total. The van der Waals surface area contributed by atoms with Crippen molar-refractivity contribution in [2.75, 3.05) is 19.8 Å². The number of hydrogen-bond acceptors (Lipinski definition) is 4. The zero-order chi connectivity index (χ0) is 14.9. The van der Waals surface area contributed by atoms with Crippen molar-refractivity contribution in [3.63, 3.8) is 0 Å². The van der Waals surface area contributed by atoms with Crippen LogP contribution in [0.1, 0.15) is 51.9 Å². The topological polar surface area (TPSA) is 47.9 Å². The Bertz CT molecular complexity index is 421. The normalized spacial score (nSPS) is 18.9. The Balaban J connectivity index is 1.76. The summed E-state index contributed by atoms with van der Waals surface area (Å²) >= 11 is 0. The number of allylic oxidation sites excluding steroid dienone is 5. The third-order valence-corrected chi connectivity index (χ3v) is 3.57. The van der Waals surface area contributed by atoms with Crippen molar-refractivity contribution in [2.24, 2.45) is 0 Å². The lowest BCUT2D eigenvalue weighted by Gasteiger charge is -2.19. The summed E-state index contributed by atoms with van der Waals surface area (Å²) in [6.07, 6.45) is 10.7. The van der Waals surface area contributed by atoms with Crippen LogP contribution in [0.5, 0.6) is 0 Å². The molecule has 0 unspecified atom stereocenters. The molecular weight excluding hydrogens is 268 g/mol. The van der Waals surface area contributed by atoms with E-state index in [1.54, 1.807) is 0 Å². The molecule has 0 saturated heterocycles. The molecule has 0 aliphatic heterocycles. The van der Waals surface area contributed by atoms with Gasteiger partial charge in [-0.3, -0.25) is 0 Å². The Morgan fingerprint density at radius 3 is 2.48 bits per heavy atom. The summed E-state index contributed by atoms with van der Waals surface area (Å²) in [6, 6.07) is 0. The van der Waals surface area contributed by atoms with Gasteiger partial charge in [-0.1, -0.05) is 13.0 Å². The molecular formula is C17H26O4. The molecule has 0 radical (unpaired) electrons. The van der Waals surface area contributed by atoms with Crippen molar-refractivity contribution in [1.29, 1.82) is 0 Å². The third-order valence-electron chi connectivity index (χ3n) is 3.57. The molecule has 21 heavy (non-hydrogen) atoms. The highest BCUT2D eigenvalue weighted by atomic mass is 16.5. The Hall–Kier alpha value is -1.58. The minimum absolute atomic E-state index is 0.410. The predicted molar refractivity (Wildman–Crippen MR) is 81.7 cm³/mol.